The molecule has 1 aromatic rings. The number of halogens is 1. The van der Waals surface area contributed by atoms with Crippen LogP contribution in [0, 0.1) is 17.3 Å². The molecule has 2 N–H and O–H groups in total. The zero-order valence-corrected chi connectivity index (χ0v) is 20.9. The van der Waals surface area contributed by atoms with Crippen molar-refractivity contribution in [2.75, 3.05) is 0 Å². The van der Waals surface area contributed by atoms with Crippen LogP contribution in [0.2, 0.25) is 5.02 Å². The number of aryl methyl sites for hydroxylation is 1. The van der Waals surface area contributed by atoms with Gasteiger partial charge in [-0.1, -0.05) is 58.4 Å². The van der Waals surface area contributed by atoms with Crippen LogP contribution in [0.1, 0.15) is 78.4 Å². The second-order valence-electron chi connectivity index (χ2n) is 11.1. The third kappa shape index (κ3) is 5.14. The molecule has 0 aromatic heterocycles. The van der Waals surface area contributed by atoms with E-state index in [0.717, 1.165) is 34.6 Å². The summed E-state index contributed by atoms with van der Waals surface area (Å²) in [7, 11) is 0. The van der Waals surface area contributed by atoms with Crippen molar-refractivity contribution in [3.63, 3.8) is 0 Å². The molecule has 1 heterocycles. The Bertz CT molecular complexity index is 918. The van der Waals surface area contributed by atoms with E-state index in [2.05, 4.69) is 52.1 Å². The van der Waals surface area contributed by atoms with Gasteiger partial charge in [-0.25, -0.2) is 4.79 Å². The van der Waals surface area contributed by atoms with Crippen molar-refractivity contribution < 1.29 is 14.7 Å². The topological polar surface area (TPSA) is 69.6 Å². The first kappa shape index (κ1) is 24.6. The number of nitrogens with one attached hydrogen (secondary N) is 1. The molecule has 1 fully saturated rings. The molecule has 2 amide bonds. The summed E-state index contributed by atoms with van der Waals surface area (Å²) in [5.41, 5.74) is 2.75. The van der Waals surface area contributed by atoms with Crippen LogP contribution in [0.15, 0.2) is 30.0 Å². The lowest BCUT2D eigenvalue weighted by atomic mass is 9.77. The summed E-state index contributed by atoms with van der Waals surface area (Å²) in [5, 5.41) is 13.3. The molecule has 5 nitrogen and oxygen atoms in total. The third-order valence-electron chi connectivity index (χ3n) is 6.99. The Morgan fingerprint density at radius 3 is 2.53 bits per heavy atom. The molecule has 2 aliphatic rings. The normalized spacial score (nSPS) is 26.3. The van der Waals surface area contributed by atoms with Crippen molar-refractivity contribution in [1.82, 2.24) is 10.2 Å². The van der Waals surface area contributed by atoms with E-state index in [1.807, 2.05) is 19.2 Å². The maximum Gasteiger partial charge on any atom is 0.322 e. The van der Waals surface area contributed by atoms with Gasteiger partial charge >= 0.3 is 12.0 Å². The van der Waals surface area contributed by atoms with Crippen molar-refractivity contribution in [1.29, 1.82) is 0 Å². The third-order valence-corrected chi connectivity index (χ3v) is 7.34. The minimum Gasteiger partial charge on any atom is -0.481 e. The lowest BCUT2D eigenvalue weighted by molar-refractivity contribution is -0.141. The highest BCUT2D eigenvalue weighted by Crippen LogP contribution is 2.41. The first-order valence-electron chi connectivity index (χ1n) is 11.7. The summed E-state index contributed by atoms with van der Waals surface area (Å²) in [5.74, 6) is -0.959. The monoisotopic (exact) mass is 460 g/mol. The van der Waals surface area contributed by atoms with Gasteiger partial charge in [0.25, 0.3) is 0 Å². The highest BCUT2D eigenvalue weighted by molar-refractivity contribution is 6.31. The highest BCUT2D eigenvalue weighted by atomic mass is 35.5. The predicted octanol–water partition coefficient (Wildman–Crippen LogP) is 6.35. The summed E-state index contributed by atoms with van der Waals surface area (Å²) >= 11 is 6.68. The predicted molar refractivity (Wildman–Crippen MR) is 129 cm³/mol. The average Bonchev–Trinajstić information content (AvgIpc) is 3.16. The van der Waals surface area contributed by atoms with Crippen LogP contribution in [0.4, 0.5) is 4.79 Å². The minimum absolute atomic E-state index is 0.0854. The van der Waals surface area contributed by atoms with Crippen molar-refractivity contribution in [2.24, 2.45) is 17.3 Å². The Balaban J connectivity index is 1.90. The van der Waals surface area contributed by atoms with E-state index in [9.17, 15) is 14.7 Å². The first-order valence-corrected chi connectivity index (χ1v) is 12.0. The smallest absolute Gasteiger partial charge is 0.322 e. The number of hydrogen-bond donors (Lipinski definition) is 2. The standard InChI is InChI=1S/C26H37ClN2O3/c1-16(2)21-15-29(20-10-8-18(13-20)23(30)31)24(32)28-26(21,6)19-9-7-17(22(27)14-19)11-12-25(3,4)5/h7,9,14-16,18,20H,8,10-13H2,1-6H3,(H,28,32)(H,30,31)/t18-,20-,26-/m0/s1. The Morgan fingerprint density at radius 2 is 2.00 bits per heavy atom. The summed E-state index contributed by atoms with van der Waals surface area (Å²) in [6, 6.07) is 5.88. The molecule has 176 valence electrons. The lowest BCUT2D eigenvalue weighted by Crippen LogP contribution is -2.56. The maximum atomic E-state index is 13.2. The molecule has 32 heavy (non-hydrogen) atoms. The molecule has 0 unspecified atom stereocenters. The van der Waals surface area contributed by atoms with Crippen molar-refractivity contribution in [3.05, 3.63) is 46.1 Å². The molecule has 3 atom stereocenters. The van der Waals surface area contributed by atoms with E-state index in [4.69, 9.17) is 11.6 Å². The summed E-state index contributed by atoms with van der Waals surface area (Å²) < 4.78 is 0. The van der Waals surface area contributed by atoms with Gasteiger partial charge in [-0.05, 0) is 73.1 Å². The minimum atomic E-state index is -0.774. The summed E-state index contributed by atoms with van der Waals surface area (Å²) in [4.78, 5) is 26.3. The fourth-order valence-corrected chi connectivity index (χ4v) is 5.21. The molecule has 6 heteroatoms. The fraction of sp³-hybridized carbons (Fsp3) is 0.615. The second kappa shape index (κ2) is 9.09. The number of rotatable bonds is 6. The second-order valence-corrected chi connectivity index (χ2v) is 11.5. The quantitative estimate of drug-likeness (QED) is 0.519. The van der Waals surface area contributed by atoms with E-state index in [1.54, 1.807) is 4.90 Å². The number of urea groups is 1. The van der Waals surface area contributed by atoms with Gasteiger partial charge in [0.1, 0.15) is 0 Å². The Labute approximate surface area is 197 Å². The van der Waals surface area contributed by atoms with Crippen LogP contribution < -0.4 is 5.32 Å². The van der Waals surface area contributed by atoms with E-state index in [-0.39, 0.29) is 29.3 Å². The van der Waals surface area contributed by atoms with Gasteiger partial charge in [0.15, 0.2) is 0 Å². The molecule has 0 bridgehead atoms. The zero-order chi connectivity index (χ0) is 23.8. The number of nitrogens with zero attached hydrogens (tertiary/aromatic N) is 1. The number of aliphatic carboxylic acids is 1. The maximum absolute atomic E-state index is 13.2. The van der Waals surface area contributed by atoms with Crippen LogP contribution in [0.5, 0.6) is 0 Å². The van der Waals surface area contributed by atoms with Gasteiger partial charge in [-0.15, -0.1) is 0 Å². The van der Waals surface area contributed by atoms with Gasteiger partial charge in [-0.3, -0.25) is 9.69 Å². The van der Waals surface area contributed by atoms with E-state index in [1.165, 1.54) is 0 Å². The van der Waals surface area contributed by atoms with E-state index in [0.29, 0.717) is 19.3 Å². The van der Waals surface area contributed by atoms with Gasteiger partial charge in [0, 0.05) is 17.3 Å². The number of amides is 2. The molecule has 1 aliphatic heterocycles. The zero-order valence-electron chi connectivity index (χ0n) is 20.2. The van der Waals surface area contributed by atoms with Gasteiger partial charge < -0.3 is 10.4 Å². The largest absolute Gasteiger partial charge is 0.481 e. The van der Waals surface area contributed by atoms with Gasteiger partial charge in [0.2, 0.25) is 0 Å². The van der Waals surface area contributed by atoms with Crippen molar-refractivity contribution in [3.8, 4) is 0 Å². The van der Waals surface area contributed by atoms with Crippen molar-refractivity contribution >= 4 is 23.6 Å². The Hall–Kier alpha value is -2.01. The van der Waals surface area contributed by atoms with Crippen LogP contribution in [0.25, 0.3) is 0 Å². The molecule has 3 rings (SSSR count). The van der Waals surface area contributed by atoms with Crippen LogP contribution in [-0.2, 0) is 16.8 Å². The number of benzene rings is 1. The fourth-order valence-electron chi connectivity index (χ4n) is 4.93. The molecule has 1 aromatic carbocycles. The van der Waals surface area contributed by atoms with Crippen LogP contribution in [0.3, 0.4) is 0 Å². The molecule has 1 aliphatic carbocycles. The molecular weight excluding hydrogens is 424 g/mol. The van der Waals surface area contributed by atoms with Crippen LogP contribution in [-0.4, -0.2) is 28.0 Å². The number of hydrogen-bond acceptors (Lipinski definition) is 2. The molecule has 0 spiro atoms. The molecule has 1 saturated carbocycles. The van der Waals surface area contributed by atoms with Crippen LogP contribution >= 0.6 is 11.6 Å². The average molecular weight is 461 g/mol. The highest BCUT2D eigenvalue weighted by Gasteiger charge is 2.43. The molecule has 0 saturated heterocycles. The number of carboxylic acid groups (broad SMARTS) is 1. The first-order chi connectivity index (χ1) is 14.8. The van der Waals surface area contributed by atoms with E-state index < -0.39 is 11.5 Å². The van der Waals surface area contributed by atoms with E-state index >= 15 is 0 Å². The van der Waals surface area contributed by atoms with Gasteiger partial charge in [-0.2, -0.15) is 0 Å². The number of carboxylic acids is 1. The van der Waals surface area contributed by atoms with Crippen molar-refractivity contribution in [2.45, 2.75) is 85.2 Å². The number of carbonyl (C=O) groups is 2. The Kier molecular flexibility index (Phi) is 6.99. The summed E-state index contributed by atoms with van der Waals surface area (Å²) in [6.07, 6.45) is 5.73. The Morgan fingerprint density at radius 1 is 1.31 bits per heavy atom. The lowest BCUT2D eigenvalue weighted by Gasteiger charge is -2.44. The molecule has 0 radical (unpaired) electrons. The molecular formula is C26H37ClN2O3. The van der Waals surface area contributed by atoms with Gasteiger partial charge in [0.05, 0.1) is 11.5 Å². The summed E-state index contributed by atoms with van der Waals surface area (Å²) in [6.45, 7) is 12.9. The number of carbonyl (C=O) groups excluding carboxylic acids is 1. The SMILES string of the molecule is CC(C)C1=CN([C@H]2CC[C@H](C(=O)O)C2)C(=O)N[C@@]1(C)c1ccc(CCC(C)(C)C)c(Cl)c1.